The van der Waals surface area contributed by atoms with Crippen molar-refractivity contribution in [2.24, 2.45) is 0 Å². The first-order chi connectivity index (χ1) is 7.99. The summed E-state index contributed by atoms with van der Waals surface area (Å²) in [4.78, 5) is 14.7. The van der Waals surface area contributed by atoms with E-state index in [1.54, 1.807) is 6.07 Å². The Labute approximate surface area is 95.8 Å². The molecule has 0 atom stereocenters. The van der Waals surface area contributed by atoms with Crippen LogP contribution in [0.2, 0.25) is 0 Å². The van der Waals surface area contributed by atoms with Crippen molar-refractivity contribution in [2.75, 3.05) is 12.8 Å². The van der Waals surface area contributed by atoms with Gasteiger partial charge < -0.3 is 10.5 Å². The zero-order valence-electron chi connectivity index (χ0n) is 8.91. The third kappa shape index (κ3) is 2.87. The summed E-state index contributed by atoms with van der Waals surface area (Å²) in [5.41, 5.74) is 4.37. The fraction of sp³-hybridized carbons (Fsp3) is 0.300. The molecule has 1 aromatic rings. The Balaban J connectivity index is 3.29. The van der Waals surface area contributed by atoms with Gasteiger partial charge in [-0.25, -0.2) is 13.8 Å². The minimum absolute atomic E-state index is 0.102. The maximum absolute atomic E-state index is 12.6. The fourth-order valence-corrected chi connectivity index (χ4v) is 1.28. The molecule has 17 heavy (non-hydrogen) atoms. The smallest absolute Gasteiger partial charge is 0.311 e. The molecule has 0 aliphatic heterocycles. The Morgan fingerprint density at radius 2 is 2.35 bits per heavy atom. The van der Waals surface area contributed by atoms with E-state index >= 15 is 0 Å². The molecule has 1 rings (SSSR count). The van der Waals surface area contributed by atoms with Crippen LogP contribution in [0, 0.1) is 11.3 Å². The van der Waals surface area contributed by atoms with Crippen LogP contribution in [0.1, 0.15) is 23.2 Å². The molecule has 7 heteroatoms. The number of esters is 1. The van der Waals surface area contributed by atoms with Crippen LogP contribution in [0.4, 0.5) is 14.6 Å². The normalized spacial score (nSPS) is 10.1. The van der Waals surface area contributed by atoms with Crippen LogP contribution in [-0.2, 0) is 16.0 Å². The van der Waals surface area contributed by atoms with Crippen molar-refractivity contribution in [3.05, 3.63) is 22.9 Å². The Kier molecular flexibility index (Phi) is 3.93. The average Bonchev–Trinajstić information content (AvgIpc) is 2.28. The average molecular weight is 241 g/mol. The van der Waals surface area contributed by atoms with Gasteiger partial charge >= 0.3 is 5.97 Å². The summed E-state index contributed by atoms with van der Waals surface area (Å²) in [6, 6.07) is 2.52. The van der Waals surface area contributed by atoms with Gasteiger partial charge in [0.1, 0.15) is 11.9 Å². The molecular formula is C10H9F2N3O2. The van der Waals surface area contributed by atoms with Gasteiger partial charge in [-0.3, -0.25) is 4.79 Å². The number of ether oxygens (including phenoxy) is 1. The maximum atomic E-state index is 12.6. The summed E-state index contributed by atoms with van der Waals surface area (Å²) in [7, 11) is 1.15. The van der Waals surface area contributed by atoms with E-state index in [-0.39, 0.29) is 23.5 Å². The molecule has 90 valence electrons. The van der Waals surface area contributed by atoms with Crippen molar-refractivity contribution in [1.29, 1.82) is 5.26 Å². The van der Waals surface area contributed by atoms with Crippen LogP contribution < -0.4 is 5.73 Å². The topological polar surface area (TPSA) is 89.0 Å². The number of methoxy groups -OCH3 is 1. The molecule has 0 saturated carbocycles. The van der Waals surface area contributed by atoms with E-state index in [2.05, 4.69) is 9.72 Å². The van der Waals surface area contributed by atoms with E-state index in [1.807, 2.05) is 0 Å². The number of carbonyl (C=O) groups is 1. The zero-order chi connectivity index (χ0) is 13.0. The highest BCUT2D eigenvalue weighted by atomic mass is 19.3. The largest absolute Gasteiger partial charge is 0.469 e. The molecule has 2 N–H and O–H groups in total. The number of nitrogens with zero attached hydrogens (tertiary/aromatic N) is 2. The number of nitrogens with two attached hydrogens (primary N) is 1. The van der Waals surface area contributed by atoms with E-state index in [0.29, 0.717) is 0 Å². The highest BCUT2D eigenvalue weighted by Crippen LogP contribution is 2.26. The molecule has 0 spiro atoms. The lowest BCUT2D eigenvalue weighted by Gasteiger charge is -2.08. The first-order valence-electron chi connectivity index (χ1n) is 4.54. The third-order valence-electron chi connectivity index (χ3n) is 2.03. The van der Waals surface area contributed by atoms with Gasteiger partial charge in [-0.15, -0.1) is 0 Å². The summed E-state index contributed by atoms with van der Waals surface area (Å²) in [6.45, 7) is 0. The highest BCUT2D eigenvalue weighted by molar-refractivity contribution is 5.73. The van der Waals surface area contributed by atoms with Crippen LogP contribution in [0.3, 0.4) is 0 Å². The molecule has 5 nitrogen and oxygen atoms in total. The van der Waals surface area contributed by atoms with Crippen molar-refractivity contribution in [3.63, 3.8) is 0 Å². The predicted molar refractivity (Wildman–Crippen MR) is 54.0 cm³/mol. The predicted octanol–water partition coefficient (Wildman–Crippen LogP) is 1.19. The Hall–Kier alpha value is -2.23. The standard InChI is InChI=1S/C10H9F2N3O2/c1-17-9(16)3-7-6(4-13)5(10(11)12)2-8(14)15-7/h2,10H,3H2,1H3,(H2,14,15). The van der Waals surface area contributed by atoms with Crippen molar-refractivity contribution >= 4 is 11.8 Å². The van der Waals surface area contributed by atoms with Crippen LogP contribution in [0.15, 0.2) is 6.07 Å². The number of rotatable bonds is 3. The number of alkyl halides is 2. The second kappa shape index (κ2) is 5.21. The van der Waals surface area contributed by atoms with E-state index in [0.717, 1.165) is 13.2 Å². The molecule has 1 aromatic heterocycles. The first kappa shape index (κ1) is 12.8. The molecular weight excluding hydrogens is 232 g/mol. The van der Waals surface area contributed by atoms with E-state index < -0.39 is 18.0 Å². The summed E-state index contributed by atoms with van der Waals surface area (Å²) >= 11 is 0. The minimum Gasteiger partial charge on any atom is -0.469 e. The van der Waals surface area contributed by atoms with Gasteiger partial charge in [0.25, 0.3) is 6.43 Å². The van der Waals surface area contributed by atoms with Crippen LogP contribution in [0.25, 0.3) is 0 Å². The summed E-state index contributed by atoms with van der Waals surface area (Å²) in [5.74, 6) is -0.849. The monoisotopic (exact) mass is 241 g/mol. The van der Waals surface area contributed by atoms with Crippen molar-refractivity contribution in [3.8, 4) is 6.07 Å². The molecule has 0 aromatic carbocycles. The number of anilines is 1. The number of nitriles is 1. The van der Waals surface area contributed by atoms with Gasteiger partial charge in [0.15, 0.2) is 0 Å². The molecule has 0 amide bonds. The third-order valence-corrected chi connectivity index (χ3v) is 2.03. The maximum Gasteiger partial charge on any atom is 0.311 e. The Morgan fingerprint density at radius 1 is 1.71 bits per heavy atom. The quantitative estimate of drug-likeness (QED) is 0.803. The zero-order valence-corrected chi connectivity index (χ0v) is 8.91. The van der Waals surface area contributed by atoms with E-state index in [1.165, 1.54) is 0 Å². The fourth-order valence-electron chi connectivity index (χ4n) is 1.28. The lowest BCUT2D eigenvalue weighted by molar-refractivity contribution is -0.139. The highest BCUT2D eigenvalue weighted by Gasteiger charge is 2.20. The number of pyridine rings is 1. The van der Waals surface area contributed by atoms with E-state index in [4.69, 9.17) is 11.0 Å². The number of hydrogen-bond acceptors (Lipinski definition) is 5. The first-order valence-corrected chi connectivity index (χ1v) is 4.54. The second-order valence-electron chi connectivity index (χ2n) is 3.12. The molecule has 0 bridgehead atoms. The number of aromatic nitrogens is 1. The number of carbonyl (C=O) groups excluding carboxylic acids is 1. The van der Waals surface area contributed by atoms with Gasteiger partial charge in [-0.2, -0.15) is 5.26 Å². The lowest BCUT2D eigenvalue weighted by Crippen LogP contribution is -2.11. The molecule has 0 aliphatic rings. The van der Waals surface area contributed by atoms with Crippen molar-refractivity contribution in [2.45, 2.75) is 12.8 Å². The lowest BCUT2D eigenvalue weighted by atomic mass is 10.1. The number of nitrogen functional groups attached to an aromatic ring is 1. The molecule has 0 fully saturated rings. The van der Waals surface area contributed by atoms with Gasteiger partial charge in [0.05, 0.1) is 24.8 Å². The summed E-state index contributed by atoms with van der Waals surface area (Å²) in [5, 5.41) is 8.81. The van der Waals surface area contributed by atoms with Gasteiger partial charge in [0.2, 0.25) is 0 Å². The van der Waals surface area contributed by atoms with Crippen LogP contribution >= 0.6 is 0 Å². The minimum atomic E-state index is -2.86. The van der Waals surface area contributed by atoms with E-state index in [9.17, 15) is 13.6 Å². The van der Waals surface area contributed by atoms with Gasteiger partial charge in [-0.1, -0.05) is 0 Å². The van der Waals surface area contributed by atoms with Gasteiger partial charge in [-0.05, 0) is 6.07 Å². The van der Waals surface area contributed by atoms with Gasteiger partial charge in [0, 0.05) is 5.56 Å². The number of halogens is 2. The van der Waals surface area contributed by atoms with Crippen LogP contribution in [-0.4, -0.2) is 18.1 Å². The molecule has 0 aliphatic carbocycles. The van der Waals surface area contributed by atoms with Crippen molar-refractivity contribution < 1.29 is 18.3 Å². The second-order valence-corrected chi connectivity index (χ2v) is 3.12. The molecule has 1 heterocycles. The summed E-state index contributed by atoms with van der Waals surface area (Å²) < 4.78 is 29.7. The number of hydrogen-bond donors (Lipinski definition) is 1. The molecule has 0 saturated heterocycles. The molecule has 0 radical (unpaired) electrons. The van der Waals surface area contributed by atoms with Crippen LogP contribution in [0.5, 0.6) is 0 Å². The van der Waals surface area contributed by atoms with Crippen molar-refractivity contribution in [1.82, 2.24) is 4.98 Å². The SMILES string of the molecule is COC(=O)Cc1nc(N)cc(C(F)F)c1C#N. The Bertz CT molecular complexity index is 483. The summed E-state index contributed by atoms with van der Waals surface area (Å²) in [6.07, 6.45) is -3.23. The molecule has 0 unspecified atom stereocenters. The Morgan fingerprint density at radius 3 is 2.82 bits per heavy atom.